The molecule has 7 atom stereocenters. The van der Waals surface area contributed by atoms with E-state index in [1.807, 2.05) is 71.1 Å². The number of H-pyrrole nitrogens is 2. The summed E-state index contributed by atoms with van der Waals surface area (Å²) in [5.41, 5.74) is 4.70. The molecule has 11 nitrogen and oxygen atoms in total. The van der Waals surface area contributed by atoms with E-state index >= 15 is 0 Å². The lowest BCUT2D eigenvalue weighted by molar-refractivity contribution is -0.256. The van der Waals surface area contributed by atoms with Gasteiger partial charge in [-0.3, -0.25) is 9.88 Å². The van der Waals surface area contributed by atoms with E-state index in [-0.39, 0.29) is 24.2 Å². The fourth-order valence-electron chi connectivity index (χ4n) is 8.81. The molecule has 8 rings (SSSR count). The summed E-state index contributed by atoms with van der Waals surface area (Å²) in [5.74, 6) is 2.52. The molecule has 7 unspecified atom stereocenters. The Morgan fingerprint density at radius 1 is 0.740 bits per heavy atom. The number of aromatic nitrogens is 5. The zero-order valence-electron chi connectivity index (χ0n) is 29.9. The van der Waals surface area contributed by atoms with Gasteiger partial charge in [-0.05, 0) is 110 Å². The van der Waals surface area contributed by atoms with E-state index in [4.69, 9.17) is 24.4 Å². The quantitative estimate of drug-likeness (QED) is 0.170. The zero-order chi connectivity index (χ0) is 34.9. The van der Waals surface area contributed by atoms with Crippen LogP contribution in [0.4, 0.5) is 4.79 Å². The van der Waals surface area contributed by atoms with E-state index in [0.717, 1.165) is 83.9 Å². The summed E-state index contributed by atoms with van der Waals surface area (Å²) < 4.78 is 11.8. The average molecular weight is 680 g/mol. The largest absolute Gasteiger partial charge is 0.444 e. The molecule has 50 heavy (non-hydrogen) atoms. The predicted molar refractivity (Wildman–Crippen MR) is 189 cm³/mol. The number of benzene rings is 1. The number of nitrogens with one attached hydrogen (secondary N) is 2. The number of nitrogens with zero attached hydrogens (tertiary/aromatic N) is 5. The third kappa shape index (κ3) is 6.24. The summed E-state index contributed by atoms with van der Waals surface area (Å²) in [6, 6.07) is 12.8. The third-order valence-electron chi connectivity index (χ3n) is 10.9. The van der Waals surface area contributed by atoms with Crippen molar-refractivity contribution in [2.24, 2.45) is 11.8 Å². The summed E-state index contributed by atoms with van der Waals surface area (Å²) in [4.78, 5) is 38.6. The number of pyridine rings is 1. The number of aliphatic hydroxyl groups is 1. The maximum Gasteiger partial charge on any atom is 0.411 e. The first kappa shape index (κ1) is 33.1. The van der Waals surface area contributed by atoms with Crippen molar-refractivity contribution in [3.05, 3.63) is 66.6 Å². The molecular formula is C39H49N7O4. The standard InChI is InChI=1S/C39H49N7O4/c1-38(2,3)49-36(47)45-27-14-11-24(17-27)32(45)34-41-20-30(43-34)23-9-7-22(8-10-23)29-16-13-26(19-40-29)31-21-42-35(44-31)33-25-12-15-28(18-25)46(33)37(48)50-39(4,5)6/h7-10,13,16,19-21,24-25,27-28,32-33,36,47H,11-12,14-15,17-18H2,1-6H3,(H,41,43)(H,42,44). The van der Waals surface area contributed by atoms with Crippen LogP contribution in [0.1, 0.15) is 104 Å². The van der Waals surface area contributed by atoms with Crippen molar-refractivity contribution in [3.63, 3.8) is 0 Å². The molecule has 4 aromatic rings. The summed E-state index contributed by atoms with van der Waals surface area (Å²) in [6.45, 7) is 11.6. The van der Waals surface area contributed by atoms with Gasteiger partial charge in [0.05, 0.1) is 47.2 Å². The number of ether oxygens (including phenoxy) is 2. The van der Waals surface area contributed by atoms with E-state index < -0.39 is 17.6 Å². The van der Waals surface area contributed by atoms with Crippen molar-refractivity contribution >= 4 is 6.09 Å². The molecule has 2 aliphatic carbocycles. The lowest BCUT2D eigenvalue weighted by Gasteiger charge is -2.39. The number of hydrogen-bond acceptors (Lipinski definition) is 8. The van der Waals surface area contributed by atoms with Crippen LogP contribution in [0.25, 0.3) is 33.8 Å². The molecule has 4 bridgehead atoms. The van der Waals surface area contributed by atoms with Crippen molar-refractivity contribution in [1.82, 2.24) is 34.7 Å². The second-order valence-corrected chi connectivity index (χ2v) is 16.6. The van der Waals surface area contributed by atoms with Gasteiger partial charge in [0.25, 0.3) is 0 Å². The van der Waals surface area contributed by atoms with Crippen molar-refractivity contribution in [2.45, 2.75) is 122 Å². The minimum atomic E-state index is -0.964. The van der Waals surface area contributed by atoms with Crippen molar-refractivity contribution < 1.29 is 19.4 Å². The van der Waals surface area contributed by atoms with Crippen LogP contribution in [0.2, 0.25) is 0 Å². The molecule has 3 N–H and O–H groups in total. The molecule has 2 saturated carbocycles. The summed E-state index contributed by atoms with van der Waals surface area (Å²) in [5, 5.41) is 11.0. The molecule has 1 amide bonds. The molecular weight excluding hydrogens is 630 g/mol. The molecule has 1 aromatic carbocycles. The predicted octanol–water partition coefficient (Wildman–Crippen LogP) is 7.61. The minimum Gasteiger partial charge on any atom is -0.444 e. The van der Waals surface area contributed by atoms with Crippen LogP contribution >= 0.6 is 0 Å². The molecule has 4 fully saturated rings. The van der Waals surface area contributed by atoms with Gasteiger partial charge in [0.2, 0.25) is 6.41 Å². The van der Waals surface area contributed by atoms with Gasteiger partial charge in [-0.15, -0.1) is 0 Å². The Balaban J connectivity index is 0.952. The average Bonchev–Trinajstić information content (AvgIpc) is 3.92. The highest BCUT2D eigenvalue weighted by Crippen LogP contribution is 2.52. The molecule has 4 aliphatic rings. The van der Waals surface area contributed by atoms with Crippen LogP contribution in [0, 0.1) is 11.8 Å². The van der Waals surface area contributed by atoms with E-state index in [2.05, 4.69) is 45.2 Å². The molecule has 264 valence electrons. The topological polar surface area (TPSA) is 132 Å². The monoisotopic (exact) mass is 679 g/mol. The van der Waals surface area contributed by atoms with Gasteiger partial charge < -0.3 is 24.5 Å². The van der Waals surface area contributed by atoms with E-state index in [1.54, 1.807) is 0 Å². The normalized spacial score (nSPS) is 27.0. The fourth-order valence-corrected chi connectivity index (χ4v) is 8.81. The number of carbonyl (C=O) groups excluding carboxylic acids is 1. The maximum atomic E-state index is 13.2. The van der Waals surface area contributed by atoms with Crippen LogP contribution in [0.3, 0.4) is 0 Å². The Hall–Kier alpha value is -4.06. The summed E-state index contributed by atoms with van der Waals surface area (Å²) in [6.07, 6.45) is 10.8. The molecule has 2 saturated heterocycles. The molecule has 5 heterocycles. The number of fused-ring (bicyclic) bond motifs is 4. The number of aromatic amines is 2. The molecule has 3 aromatic heterocycles. The Morgan fingerprint density at radius 3 is 1.96 bits per heavy atom. The fraction of sp³-hybridized carbons (Fsp3) is 0.538. The number of likely N-dealkylation sites (tertiary alicyclic amines) is 2. The highest BCUT2D eigenvalue weighted by atomic mass is 16.6. The number of piperidine rings is 2. The molecule has 11 heteroatoms. The van der Waals surface area contributed by atoms with Crippen LogP contribution in [-0.4, -0.2) is 75.6 Å². The highest BCUT2D eigenvalue weighted by molar-refractivity contribution is 5.71. The second kappa shape index (κ2) is 12.3. The maximum absolute atomic E-state index is 13.2. The van der Waals surface area contributed by atoms with Crippen LogP contribution in [0.15, 0.2) is 55.0 Å². The number of hydrogen-bond donors (Lipinski definition) is 3. The van der Waals surface area contributed by atoms with Gasteiger partial charge >= 0.3 is 6.09 Å². The van der Waals surface area contributed by atoms with Gasteiger partial charge in [-0.2, -0.15) is 0 Å². The minimum absolute atomic E-state index is 0.00462. The first-order valence-electron chi connectivity index (χ1n) is 18.1. The van der Waals surface area contributed by atoms with Gasteiger partial charge in [0.1, 0.15) is 17.2 Å². The van der Waals surface area contributed by atoms with Gasteiger partial charge in [-0.1, -0.05) is 24.3 Å². The number of amides is 1. The Bertz CT molecular complexity index is 1840. The lowest BCUT2D eigenvalue weighted by Crippen LogP contribution is -2.47. The third-order valence-corrected chi connectivity index (χ3v) is 10.9. The van der Waals surface area contributed by atoms with Crippen molar-refractivity contribution in [1.29, 1.82) is 0 Å². The van der Waals surface area contributed by atoms with Crippen LogP contribution in [0.5, 0.6) is 0 Å². The van der Waals surface area contributed by atoms with Crippen molar-refractivity contribution in [2.75, 3.05) is 0 Å². The first-order chi connectivity index (χ1) is 23.8. The Labute approximate surface area is 293 Å². The molecule has 0 spiro atoms. The second-order valence-electron chi connectivity index (χ2n) is 16.6. The van der Waals surface area contributed by atoms with E-state index in [9.17, 15) is 9.90 Å². The van der Waals surface area contributed by atoms with Crippen molar-refractivity contribution in [3.8, 4) is 33.8 Å². The number of imidazole rings is 2. The zero-order valence-corrected chi connectivity index (χ0v) is 29.9. The Kier molecular flexibility index (Phi) is 8.15. The number of rotatable bonds is 7. The smallest absolute Gasteiger partial charge is 0.411 e. The number of aliphatic hydroxyl groups excluding tert-OH is 1. The highest BCUT2D eigenvalue weighted by Gasteiger charge is 2.52. The Morgan fingerprint density at radius 2 is 1.32 bits per heavy atom. The van der Waals surface area contributed by atoms with E-state index in [1.165, 1.54) is 0 Å². The van der Waals surface area contributed by atoms with Gasteiger partial charge in [0.15, 0.2) is 0 Å². The first-order valence-corrected chi connectivity index (χ1v) is 18.1. The summed E-state index contributed by atoms with van der Waals surface area (Å²) >= 11 is 0. The van der Waals surface area contributed by atoms with Gasteiger partial charge in [-0.25, -0.2) is 19.7 Å². The number of carbonyl (C=O) groups is 1. The van der Waals surface area contributed by atoms with E-state index in [0.29, 0.717) is 17.9 Å². The SMILES string of the molecule is CC(C)(C)OC(=O)N1C2CCC(C2)C1c1ncc(-c2ccc(-c3ccc(-c4cnc(C5C6CCC(C6)N5C(O)OC(C)(C)C)[nH]4)cc3)nc2)[nH]1. The summed E-state index contributed by atoms with van der Waals surface area (Å²) in [7, 11) is 0. The van der Waals surface area contributed by atoms with Gasteiger partial charge in [0, 0.05) is 29.4 Å². The molecule has 2 aliphatic heterocycles. The lowest BCUT2D eigenvalue weighted by atomic mass is 9.98. The van der Waals surface area contributed by atoms with Crippen LogP contribution in [-0.2, 0) is 9.47 Å². The molecule has 0 radical (unpaired) electrons. The van der Waals surface area contributed by atoms with Crippen LogP contribution < -0.4 is 0 Å².